The lowest BCUT2D eigenvalue weighted by molar-refractivity contribution is -0.384. The van der Waals surface area contributed by atoms with Gasteiger partial charge in [-0.2, -0.15) is 0 Å². The summed E-state index contributed by atoms with van der Waals surface area (Å²) >= 11 is 1.16. The average molecular weight is 320 g/mol. The molecule has 1 amide bonds. The number of aryl methyl sites for hydroxylation is 1. The van der Waals surface area contributed by atoms with E-state index in [1.54, 1.807) is 13.0 Å². The first-order chi connectivity index (χ1) is 10.5. The zero-order valence-corrected chi connectivity index (χ0v) is 12.3. The molecular formula is C13H12N4O4S. The molecule has 0 aliphatic carbocycles. The van der Waals surface area contributed by atoms with Crippen molar-refractivity contribution in [2.24, 2.45) is 0 Å². The zero-order chi connectivity index (χ0) is 16.1. The van der Waals surface area contributed by atoms with Crippen molar-refractivity contribution in [1.29, 1.82) is 0 Å². The fourth-order valence-electron chi connectivity index (χ4n) is 1.62. The molecule has 0 unspecified atom stereocenters. The average Bonchev–Trinajstić information content (AvgIpc) is 2.48. The van der Waals surface area contributed by atoms with Crippen molar-refractivity contribution in [3.05, 3.63) is 56.6 Å². The summed E-state index contributed by atoms with van der Waals surface area (Å²) in [6.07, 6.45) is 1.43. The van der Waals surface area contributed by atoms with Gasteiger partial charge in [0.05, 0.1) is 15.7 Å². The molecule has 0 aliphatic heterocycles. The predicted octanol–water partition coefficient (Wildman–Crippen LogP) is 1.72. The Morgan fingerprint density at radius 2 is 2.27 bits per heavy atom. The highest BCUT2D eigenvalue weighted by Crippen LogP contribution is 2.19. The number of hydrogen-bond donors (Lipinski definition) is 2. The summed E-state index contributed by atoms with van der Waals surface area (Å²) in [5.41, 5.74) is 0.527. The van der Waals surface area contributed by atoms with Crippen LogP contribution in [0.25, 0.3) is 0 Å². The number of aromatic amines is 1. The van der Waals surface area contributed by atoms with E-state index in [2.05, 4.69) is 15.3 Å². The Balaban J connectivity index is 1.98. The van der Waals surface area contributed by atoms with Crippen molar-refractivity contribution < 1.29 is 9.72 Å². The summed E-state index contributed by atoms with van der Waals surface area (Å²) in [5, 5.41) is 13.8. The van der Waals surface area contributed by atoms with Crippen LogP contribution in [0.1, 0.15) is 5.56 Å². The number of thioether (sulfide) groups is 1. The van der Waals surface area contributed by atoms with Crippen molar-refractivity contribution >= 4 is 29.0 Å². The molecule has 9 heteroatoms. The van der Waals surface area contributed by atoms with Crippen molar-refractivity contribution in [2.75, 3.05) is 11.1 Å². The van der Waals surface area contributed by atoms with E-state index in [0.717, 1.165) is 17.3 Å². The lowest BCUT2D eigenvalue weighted by Crippen LogP contribution is -2.16. The van der Waals surface area contributed by atoms with Crippen LogP contribution in [0.5, 0.6) is 0 Å². The fraction of sp³-hybridized carbons (Fsp3) is 0.154. The maximum atomic E-state index is 11.9. The molecule has 0 saturated carbocycles. The van der Waals surface area contributed by atoms with E-state index in [9.17, 15) is 19.7 Å². The van der Waals surface area contributed by atoms with Gasteiger partial charge in [0.2, 0.25) is 5.91 Å². The van der Waals surface area contributed by atoms with Crippen LogP contribution in [0, 0.1) is 17.0 Å². The largest absolute Gasteiger partial charge is 0.345 e. The monoisotopic (exact) mass is 320 g/mol. The second-order valence-corrected chi connectivity index (χ2v) is 5.33. The van der Waals surface area contributed by atoms with Gasteiger partial charge in [0.1, 0.15) is 0 Å². The highest BCUT2D eigenvalue weighted by molar-refractivity contribution is 8.00. The molecule has 22 heavy (non-hydrogen) atoms. The quantitative estimate of drug-likeness (QED) is 0.375. The van der Waals surface area contributed by atoms with E-state index in [0.29, 0.717) is 10.7 Å². The van der Waals surface area contributed by atoms with Crippen molar-refractivity contribution in [3.8, 4) is 0 Å². The standard InChI is InChI=1S/C13H12N4O4S/c1-8-6-14-13(19)16-12(8)22-7-11(18)15-9-3-2-4-10(5-9)17(20)21/h2-6H,7H2,1H3,(H,15,18)(H,14,16,19). The van der Waals surface area contributed by atoms with Gasteiger partial charge in [0, 0.05) is 24.0 Å². The normalized spacial score (nSPS) is 10.2. The first-order valence-corrected chi connectivity index (χ1v) is 7.17. The summed E-state index contributed by atoms with van der Waals surface area (Å²) in [6.45, 7) is 1.77. The molecule has 1 heterocycles. The van der Waals surface area contributed by atoms with Gasteiger partial charge >= 0.3 is 5.69 Å². The van der Waals surface area contributed by atoms with Gasteiger partial charge in [-0.15, -0.1) is 0 Å². The Morgan fingerprint density at radius 3 is 3.00 bits per heavy atom. The summed E-state index contributed by atoms with van der Waals surface area (Å²) < 4.78 is 0. The van der Waals surface area contributed by atoms with Gasteiger partial charge in [-0.3, -0.25) is 14.9 Å². The van der Waals surface area contributed by atoms with Crippen molar-refractivity contribution in [2.45, 2.75) is 11.9 Å². The molecule has 0 fully saturated rings. The molecule has 0 spiro atoms. The number of nitro benzene ring substituents is 1. The van der Waals surface area contributed by atoms with E-state index in [-0.39, 0.29) is 17.3 Å². The van der Waals surface area contributed by atoms with E-state index < -0.39 is 10.6 Å². The van der Waals surface area contributed by atoms with Crippen LogP contribution in [0.15, 0.2) is 40.3 Å². The minimum absolute atomic E-state index is 0.0590. The number of nitrogens with zero attached hydrogens (tertiary/aromatic N) is 2. The molecule has 1 aromatic carbocycles. The number of carbonyl (C=O) groups excluding carboxylic acids is 1. The lowest BCUT2D eigenvalue weighted by atomic mass is 10.3. The molecule has 114 valence electrons. The van der Waals surface area contributed by atoms with Gasteiger partial charge in [-0.05, 0) is 18.6 Å². The molecule has 2 rings (SSSR count). The van der Waals surface area contributed by atoms with E-state index in [1.165, 1.54) is 24.4 Å². The van der Waals surface area contributed by atoms with E-state index in [1.807, 2.05) is 0 Å². The maximum Gasteiger partial charge on any atom is 0.345 e. The number of nitro groups is 1. The predicted molar refractivity (Wildman–Crippen MR) is 82.0 cm³/mol. The van der Waals surface area contributed by atoms with Gasteiger partial charge in [0.25, 0.3) is 5.69 Å². The lowest BCUT2D eigenvalue weighted by Gasteiger charge is -2.06. The number of aromatic nitrogens is 2. The number of amides is 1. The Bertz CT molecular complexity index is 775. The SMILES string of the molecule is Cc1cnc(=O)[nH]c1SCC(=O)Nc1cccc([N+](=O)[O-])c1. The fourth-order valence-corrected chi connectivity index (χ4v) is 2.41. The molecule has 2 aromatic rings. The second-order valence-electron chi connectivity index (χ2n) is 4.34. The highest BCUT2D eigenvalue weighted by Gasteiger charge is 2.09. The topological polar surface area (TPSA) is 118 Å². The van der Waals surface area contributed by atoms with Crippen molar-refractivity contribution in [3.63, 3.8) is 0 Å². The molecular weight excluding hydrogens is 308 g/mol. The number of hydrogen-bond acceptors (Lipinski definition) is 6. The summed E-state index contributed by atoms with van der Waals surface area (Å²) in [6, 6.07) is 5.68. The number of H-pyrrole nitrogens is 1. The molecule has 8 nitrogen and oxygen atoms in total. The van der Waals surface area contributed by atoms with Crippen LogP contribution in [-0.4, -0.2) is 26.6 Å². The number of anilines is 1. The van der Waals surface area contributed by atoms with E-state index in [4.69, 9.17) is 0 Å². The van der Waals surface area contributed by atoms with Crippen LogP contribution < -0.4 is 11.0 Å². The van der Waals surface area contributed by atoms with Crippen LogP contribution in [0.3, 0.4) is 0 Å². The number of nitrogens with one attached hydrogen (secondary N) is 2. The van der Waals surface area contributed by atoms with Crippen LogP contribution in [0.2, 0.25) is 0 Å². The summed E-state index contributed by atoms with van der Waals surface area (Å²) in [4.78, 5) is 39.2. The molecule has 2 N–H and O–H groups in total. The van der Waals surface area contributed by atoms with E-state index >= 15 is 0 Å². The highest BCUT2D eigenvalue weighted by atomic mass is 32.2. The second kappa shape index (κ2) is 6.85. The Morgan fingerprint density at radius 1 is 1.50 bits per heavy atom. The van der Waals surface area contributed by atoms with Crippen LogP contribution in [-0.2, 0) is 4.79 Å². The van der Waals surface area contributed by atoms with Gasteiger partial charge in [-0.1, -0.05) is 17.8 Å². The first-order valence-electron chi connectivity index (χ1n) is 6.19. The van der Waals surface area contributed by atoms with Gasteiger partial charge in [-0.25, -0.2) is 9.78 Å². The Kier molecular flexibility index (Phi) is 4.89. The number of rotatable bonds is 5. The molecule has 0 aliphatic rings. The zero-order valence-electron chi connectivity index (χ0n) is 11.5. The third-order valence-corrected chi connectivity index (χ3v) is 3.76. The van der Waals surface area contributed by atoms with Crippen molar-refractivity contribution in [1.82, 2.24) is 9.97 Å². The Labute approximate surface area is 129 Å². The third-order valence-electron chi connectivity index (χ3n) is 2.64. The number of carbonyl (C=O) groups is 1. The molecule has 0 radical (unpaired) electrons. The molecule has 1 aromatic heterocycles. The maximum absolute atomic E-state index is 11.9. The Hall–Kier alpha value is -2.68. The minimum atomic E-state index is -0.532. The first kappa shape index (κ1) is 15.7. The van der Waals surface area contributed by atoms with Crippen LogP contribution >= 0.6 is 11.8 Å². The molecule has 0 saturated heterocycles. The van der Waals surface area contributed by atoms with Gasteiger partial charge < -0.3 is 10.3 Å². The summed E-state index contributed by atoms with van der Waals surface area (Å²) in [5.74, 6) is -0.272. The number of non-ortho nitro benzene ring substituents is 1. The smallest absolute Gasteiger partial charge is 0.325 e. The number of benzene rings is 1. The summed E-state index contributed by atoms with van der Waals surface area (Å²) in [7, 11) is 0. The van der Waals surface area contributed by atoms with Crippen LogP contribution in [0.4, 0.5) is 11.4 Å². The molecule has 0 bridgehead atoms. The van der Waals surface area contributed by atoms with Gasteiger partial charge in [0.15, 0.2) is 0 Å². The third kappa shape index (κ3) is 4.16. The minimum Gasteiger partial charge on any atom is -0.325 e. The molecule has 0 atom stereocenters.